The largest absolute Gasteiger partial charge is 0.460 e. The summed E-state index contributed by atoms with van der Waals surface area (Å²) in [5, 5.41) is 8.10. The molecule has 0 amide bonds. The van der Waals surface area contributed by atoms with E-state index in [2.05, 4.69) is 38.7 Å². The van der Waals surface area contributed by atoms with Gasteiger partial charge in [0.25, 0.3) is 0 Å². The molecule has 0 heterocycles. The van der Waals surface area contributed by atoms with Gasteiger partial charge in [0.15, 0.2) is 0 Å². The van der Waals surface area contributed by atoms with Gasteiger partial charge in [-0.1, -0.05) is 33.9 Å². The highest BCUT2D eigenvalue weighted by Gasteiger charge is 2.62. The normalized spacial score (nSPS) is 29.2. The van der Waals surface area contributed by atoms with Crippen LogP contribution in [-0.2, 0) is 19.1 Å². The molecule has 2 aliphatic rings. The molecule has 0 saturated heterocycles. The second-order valence-electron chi connectivity index (χ2n) is 7.38. The molecular formula is C19H30O5. The fraction of sp³-hybridized carbons (Fsp3) is 0.684. The zero-order valence-corrected chi connectivity index (χ0v) is 15.3. The molecule has 1 N–H and O–H groups in total. The molecule has 2 saturated carbocycles. The van der Waals surface area contributed by atoms with Crippen molar-refractivity contribution in [2.24, 2.45) is 16.7 Å². The Morgan fingerprint density at radius 1 is 1.33 bits per heavy atom. The van der Waals surface area contributed by atoms with Crippen molar-refractivity contribution in [2.75, 3.05) is 13.2 Å². The van der Waals surface area contributed by atoms with Gasteiger partial charge in [0.1, 0.15) is 12.7 Å². The molecule has 5 nitrogen and oxygen atoms in total. The summed E-state index contributed by atoms with van der Waals surface area (Å²) >= 11 is 0. The fourth-order valence-electron chi connectivity index (χ4n) is 3.74. The molecule has 3 unspecified atom stereocenters. The summed E-state index contributed by atoms with van der Waals surface area (Å²) in [6.07, 6.45) is 4.63. The number of fused-ring (bicyclic) bond motifs is 2. The summed E-state index contributed by atoms with van der Waals surface area (Å²) < 4.78 is 9.94. The van der Waals surface area contributed by atoms with E-state index < -0.39 is 5.97 Å². The quantitative estimate of drug-likeness (QED) is 0.616. The van der Waals surface area contributed by atoms with Gasteiger partial charge in [0.2, 0.25) is 0 Å². The first-order valence-electron chi connectivity index (χ1n) is 8.36. The van der Waals surface area contributed by atoms with Crippen molar-refractivity contribution < 1.29 is 24.2 Å². The summed E-state index contributed by atoms with van der Waals surface area (Å²) in [7, 11) is 0. The van der Waals surface area contributed by atoms with Crippen LogP contribution in [0, 0.1) is 16.7 Å². The summed E-state index contributed by atoms with van der Waals surface area (Å²) in [5.41, 5.74) is 0.958. The van der Waals surface area contributed by atoms with Gasteiger partial charge in [-0.05, 0) is 37.5 Å². The lowest BCUT2D eigenvalue weighted by Crippen LogP contribution is -2.38. The molecule has 0 radical (unpaired) electrons. The Morgan fingerprint density at radius 3 is 2.33 bits per heavy atom. The Labute approximate surface area is 144 Å². The SMILES string of the molecule is C=C(C)C(=O)OC1CC2CCC1(C)C2(C)C.C=CC(=O)OCCO. The maximum absolute atomic E-state index is 11.6. The van der Waals surface area contributed by atoms with Crippen LogP contribution in [0.15, 0.2) is 24.8 Å². The van der Waals surface area contributed by atoms with E-state index >= 15 is 0 Å². The van der Waals surface area contributed by atoms with E-state index in [1.807, 2.05) is 0 Å². The van der Waals surface area contributed by atoms with E-state index in [-0.39, 0.29) is 30.7 Å². The summed E-state index contributed by atoms with van der Waals surface area (Å²) in [6, 6.07) is 0. The number of hydrogen-bond donors (Lipinski definition) is 1. The summed E-state index contributed by atoms with van der Waals surface area (Å²) in [5.74, 6) is -0.0194. The molecule has 0 spiro atoms. The third kappa shape index (κ3) is 4.07. The van der Waals surface area contributed by atoms with Gasteiger partial charge in [-0.25, -0.2) is 9.59 Å². The minimum absolute atomic E-state index is 0.0465. The van der Waals surface area contributed by atoms with Gasteiger partial charge in [-0.15, -0.1) is 0 Å². The predicted molar refractivity (Wildman–Crippen MR) is 92.2 cm³/mol. The van der Waals surface area contributed by atoms with Crippen molar-refractivity contribution in [1.29, 1.82) is 0 Å². The Bertz CT molecular complexity index is 508. The average molecular weight is 338 g/mol. The van der Waals surface area contributed by atoms with E-state index in [0.29, 0.717) is 16.9 Å². The number of carbonyl (C=O) groups excluding carboxylic acids is 2. The van der Waals surface area contributed by atoms with E-state index in [4.69, 9.17) is 9.84 Å². The van der Waals surface area contributed by atoms with Gasteiger partial charge < -0.3 is 14.6 Å². The van der Waals surface area contributed by atoms with Crippen molar-refractivity contribution in [3.8, 4) is 0 Å². The third-order valence-electron chi connectivity index (χ3n) is 5.81. The van der Waals surface area contributed by atoms with Crippen LogP contribution in [0.5, 0.6) is 0 Å². The predicted octanol–water partition coefficient (Wildman–Crippen LogP) is 3.03. The number of ether oxygens (including phenoxy) is 2. The van der Waals surface area contributed by atoms with Crippen LogP contribution in [0.3, 0.4) is 0 Å². The fourth-order valence-corrected chi connectivity index (χ4v) is 3.74. The van der Waals surface area contributed by atoms with Crippen LogP contribution in [0.2, 0.25) is 0 Å². The Morgan fingerprint density at radius 2 is 1.96 bits per heavy atom. The van der Waals surface area contributed by atoms with Gasteiger partial charge >= 0.3 is 11.9 Å². The number of esters is 2. The highest BCUT2D eigenvalue weighted by molar-refractivity contribution is 5.87. The molecule has 0 aliphatic heterocycles. The zero-order chi connectivity index (χ0) is 18.5. The van der Waals surface area contributed by atoms with Gasteiger partial charge in [0.05, 0.1) is 6.61 Å². The minimum atomic E-state index is -0.501. The first-order valence-corrected chi connectivity index (χ1v) is 8.36. The van der Waals surface area contributed by atoms with E-state index in [9.17, 15) is 9.59 Å². The summed E-state index contributed by atoms with van der Waals surface area (Å²) in [6.45, 7) is 15.3. The lowest BCUT2D eigenvalue weighted by Gasteiger charge is -2.38. The first-order chi connectivity index (χ1) is 11.1. The van der Waals surface area contributed by atoms with Gasteiger partial charge in [0, 0.05) is 17.1 Å². The molecule has 3 atom stereocenters. The highest BCUT2D eigenvalue weighted by Crippen LogP contribution is 2.66. The minimum Gasteiger partial charge on any atom is -0.460 e. The number of carbonyl (C=O) groups is 2. The molecular weight excluding hydrogens is 308 g/mol. The van der Waals surface area contributed by atoms with Crippen LogP contribution >= 0.6 is 0 Å². The third-order valence-corrected chi connectivity index (χ3v) is 5.81. The van der Waals surface area contributed by atoms with Crippen LogP contribution in [0.4, 0.5) is 0 Å². The number of aliphatic hydroxyl groups excluding tert-OH is 1. The van der Waals surface area contributed by atoms with Gasteiger partial charge in [-0.3, -0.25) is 0 Å². The first kappa shape index (κ1) is 20.4. The van der Waals surface area contributed by atoms with E-state index in [1.54, 1.807) is 6.92 Å². The van der Waals surface area contributed by atoms with Crippen LogP contribution in [-0.4, -0.2) is 36.4 Å². The molecule has 5 heteroatoms. The lowest BCUT2D eigenvalue weighted by molar-refractivity contribution is -0.151. The average Bonchev–Trinajstić information content (AvgIpc) is 2.86. The van der Waals surface area contributed by atoms with Crippen molar-refractivity contribution in [2.45, 2.75) is 53.1 Å². The van der Waals surface area contributed by atoms with Crippen molar-refractivity contribution >= 4 is 11.9 Å². The topological polar surface area (TPSA) is 72.8 Å². The number of rotatable bonds is 5. The van der Waals surface area contributed by atoms with Crippen LogP contribution in [0.1, 0.15) is 47.0 Å². The van der Waals surface area contributed by atoms with Gasteiger partial charge in [-0.2, -0.15) is 0 Å². The number of hydrogen-bond acceptors (Lipinski definition) is 5. The Hall–Kier alpha value is -1.62. The summed E-state index contributed by atoms with van der Waals surface area (Å²) in [4.78, 5) is 21.7. The molecule has 0 aromatic carbocycles. The van der Waals surface area contributed by atoms with E-state index in [1.165, 1.54) is 12.8 Å². The lowest BCUT2D eigenvalue weighted by atomic mass is 9.70. The molecule has 2 bridgehead atoms. The molecule has 0 aromatic heterocycles. The van der Waals surface area contributed by atoms with Crippen molar-refractivity contribution in [3.05, 3.63) is 24.8 Å². The Kier molecular flexibility index (Phi) is 6.78. The monoisotopic (exact) mass is 338 g/mol. The van der Waals surface area contributed by atoms with Crippen molar-refractivity contribution in [3.63, 3.8) is 0 Å². The van der Waals surface area contributed by atoms with Crippen molar-refractivity contribution in [1.82, 2.24) is 0 Å². The van der Waals surface area contributed by atoms with E-state index in [0.717, 1.165) is 12.5 Å². The highest BCUT2D eigenvalue weighted by atomic mass is 16.5. The molecule has 2 rings (SSSR count). The smallest absolute Gasteiger partial charge is 0.333 e. The molecule has 136 valence electrons. The standard InChI is InChI=1S/C14H22O2.C5H8O3/c1-9(2)12(15)16-11-8-10-6-7-14(11,5)13(10,3)4;1-2-5(7)8-4-3-6/h10-11H,1,6-8H2,2-5H3;2,6H,1,3-4H2. The number of aliphatic hydroxyl groups is 1. The molecule has 2 aliphatic carbocycles. The second-order valence-corrected chi connectivity index (χ2v) is 7.38. The molecule has 0 aromatic rings. The second kappa shape index (κ2) is 7.97. The molecule has 24 heavy (non-hydrogen) atoms. The van der Waals surface area contributed by atoms with Crippen LogP contribution in [0.25, 0.3) is 0 Å². The van der Waals surface area contributed by atoms with Crippen LogP contribution < -0.4 is 0 Å². The maximum atomic E-state index is 11.6. The Balaban J connectivity index is 0.000000307. The zero-order valence-electron chi connectivity index (χ0n) is 15.3. The molecule has 2 fully saturated rings. The maximum Gasteiger partial charge on any atom is 0.333 e.